The molecule has 0 radical (unpaired) electrons. The van der Waals surface area contributed by atoms with Crippen molar-refractivity contribution >= 4 is 44.9 Å². The summed E-state index contributed by atoms with van der Waals surface area (Å²) in [7, 11) is 0. The molecule has 128 valence electrons. The fourth-order valence-electron chi connectivity index (χ4n) is 3.02. The lowest BCUT2D eigenvalue weighted by atomic mass is 9.97. The summed E-state index contributed by atoms with van der Waals surface area (Å²) in [5.41, 5.74) is 1.06. The molecule has 1 aliphatic rings. The Hall–Kier alpha value is -2.02. The number of nitrogens with one attached hydrogen (secondary N) is 2. The van der Waals surface area contributed by atoms with Gasteiger partial charge in [-0.25, -0.2) is 9.97 Å². The Labute approximate surface area is 154 Å². The van der Waals surface area contributed by atoms with Gasteiger partial charge in [0.2, 0.25) is 0 Å². The molecule has 3 heterocycles. The number of rotatable bonds is 3. The number of pyridine rings is 1. The monoisotopic (exact) mass is 372 g/mol. The maximum absolute atomic E-state index is 12.5. The normalized spacial score (nSPS) is 15.4. The van der Waals surface area contributed by atoms with Crippen molar-refractivity contribution in [3.8, 4) is 0 Å². The zero-order valence-electron chi connectivity index (χ0n) is 13.5. The molecule has 1 amide bonds. The lowest BCUT2D eigenvalue weighted by molar-refractivity contribution is 0.102. The van der Waals surface area contributed by atoms with E-state index in [1.165, 1.54) is 4.88 Å². The average molecular weight is 373 g/mol. The fraction of sp³-hybridized carbons (Fsp3) is 0.278. The molecule has 2 aromatic heterocycles. The molecule has 25 heavy (non-hydrogen) atoms. The van der Waals surface area contributed by atoms with E-state index < -0.39 is 0 Å². The average Bonchev–Trinajstić information content (AvgIpc) is 3.10. The number of fused-ring (bicyclic) bond motifs is 1. The topological polar surface area (TPSA) is 66.9 Å². The molecule has 0 spiro atoms. The zero-order chi connectivity index (χ0) is 17.2. The van der Waals surface area contributed by atoms with Gasteiger partial charge in [0, 0.05) is 21.5 Å². The number of thiazole rings is 1. The van der Waals surface area contributed by atoms with Gasteiger partial charge in [-0.2, -0.15) is 0 Å². The standard InChI is InChI=1S/C18H17ClN4OS/c19-13-3-1-11-2-4-14(22-15(11)9-13)17(24)23-18-21-10-16(25-18)12-5-7-20-8-6-12/h1-4,9-10,12,20H,5-8H2,(H,21,23,24). The van der Waals surface area contributed by atoms with Crippen LogP contribution in [0.3, 0.4) is 0 Å². The molecule has 0 bridgehead atoms. The summed E-state index contributed by atoms with van der Waals surface area (Å²) in [6, 6.07) is 9.04. The van der Waals surface area contributed by atoms with E-state index in [2.05, 4.69) is 20.6 Å². The van der Waals surface area contributed by atoms with Crippen molar-refractivity contribution in [1.29, 1.82) is 0 Å². The Morgan fingerprint density at radius 2 is 2.04 bits per heavy atom. The highest BCUT2D eigenvalue weighted by Gasteiger charge is 2.19. The van der Waals surface area contributed by atoms with Crippen molar-refractivity contribution in [2.45, 2.75) is 18.8 Å². The number of carbonyl (C=O) groups is 1. The molecule has 1 aromatic carbocycles. The van der Waals surface area contributed by atoms with Crippen LogP contribution in [0.15, 0.2) is 36.5 Å². The summed E-state index contributed by atoms with van der Waals surface area (Å²) in [6.07, 6.45) is 4.11. The van der Waals surface area contributed by atoms with Crippen LogP contribution in [-0.4, -0.2) is 29.0 Å². The first kappa shape index (κ1) is 16.4. The van der Waals surface area contributed by atoms with E-state index in [4.69, 9.17) is 11.6 Å². The van der Waals surface area contributed by atoms with E-state index in [-0.39, 0.29) is 5.91 Å². The highest BCUT2D eigenvalue weighted by Crippen LogP contribution is 2.31. The largest absolute Gasteiger partial charge is 0.317 e. The highest BCUT2D eigenvalue weighted by molar-refractivity contribution is 7.15. The number of halogens is 1. The first-order chi connectivity index (χ1) is 12.2. The molecule has 1 aliphatic heterocycles. The Kier molecular flexibility index (Phi) is 4.65. The number of anilines is 1. The van der Waals surface area contributed by atoms with Crippen LogP contribution in [0.5, 0.6) is 0 Å². The van der Waals surface area contributed by atoms with Crippen LogP contribution in [0.2, 0.25) is 5.02 Å². The van der Waals surface area contributed by atoms with Crippen LogP contribution < -0.4 is 10.6 Å². The van der Waals surface area contributed by atoms with Crippen LogP contribution in [0.4, 0.5) is 5.13 Å². The molecule has 5 nitrogen and oxygen atoms in total. The lowest BCUT2D eigenvalue weighted by Crippen LogP contribution is -2.26. The molecule has 0 aliphatic carbocycles. The third kappa shape index (κ3) is 3.66. The molecule has 4 rings (SSSR count). The van der Waals surface area contributed by atoms with Crippen LogP contribution in [-0.2, 0) is 0 Å². The van der Waals surface area contributed by atoms with Gasteiger partial charge < -0.3 is 5.32 Å². The molecule has 3 aromatic rings. The van der Waals surface area contributed by atoms with Crippen molar-refractivity contribution < 1.29 is 4.79 Å². The number of hydrogen-bond donors (Lipinski definition) is 2. The summed E-state index contributed by atoms with van der Waals surface area (Å²) >= 11 is 7.55. The van der Waals surface area contributed by atoms with Crippen LogP contribution in [0, 0.1) is 0 Å². The van der Waals surface area contributed by atoms with Gasteiger partial charge in [0.25, 0.3) is 5.91 Å². The van der Waals surface area contributed by atoms with Crippen LogP contribution in [0.1, 0.15) is 34.1 Å². The highest BCUT2D eigenvalue weighted by atomic mass is 35.5. The summed E-state index contributed by atoms with van der Waals surface area (Å²) < 4.78 is 0. The van der Waals surface area contributed by atoms with Gasteiger partial charge in [-0.05, 0) is 50.0 Å². The predicted octanol–water partition coefficient (Wildman–Crippen LogP) is 4.06. The minimum Gasteiger partial charge on any atom is -0.317 e. The molecule has 7 heteroatoms. The van der Waals surface area contributed by atoms with Gasteiger partial charge in [0.05, 0.1) is 5.52 Å². The van der Waals surface area contributed by atoms with Crippen molar-refractivity contribution in [3.63, 3.8) is 0 Å². The SMILES string of the molecule is O=C(Nc1ncc(C2CCNCC2)s1)c1ccc2ccc(Cl)cc2n1. The van der Waals surface area contributed by atoms with Crippen molar-refractivity contribution in [2.75, 3.05) is 18.4 Å². The molecule has 0 unspecified atom stereocenters. The van der Waals surface area contributed by atoms with Gasteiger partial charge in [-0.15, -0.1) is 11.3 Å². The Balaban J connectivity index is 1.51. The van der Waals surface area contributed by atoms with E-state index >= 15 is 0 Å². The van der Waals surface area contributed by atoms with Crippen molar-refractivity contribution in [1.82, 2.24) is 15.3 Å². The minimum absolute atomic E-state index is 0.256. The number of hydrogen-bond acceptors (Lipinski definition) is 5. The molecular weight excluding hydrogens is 356 g/mol. The molecule has 0 atom stereocenters. The first-order valence-corrected chi connectivity index (χ1v) is 9.42. The molecule has 0 saturated carbocycles. The summed E-state index contributed by atoms with van der Waals surface area (Å²) in [4.78, 5) is 22.5. The van der Waals surface area contributed by atoms with E-state index in [1.807, 2.05) is 24.4 Å². The number of amides is 1. The van der Waals surface area contributed by atoms with E-state index in [1.54, 1.807) is 23.5 Å². The Morgan fingerprint density at radius 1 is 1.24 bits per heavy atom. The van der Waals surface area contributed by atoms with Gasteiger partial charge in [0.1, 0.15) is 5.69 Å². The van der Waals surface area contributed by atoms with Gasteiger partial charge >= 0.3 is 0 Å². The Bertz CT molecular complexity index is 920. The number of carbonyl (C=O) groups excluding carboxylic acids is 1. The number of benzene rings is 1. The second-order valence-electron chi connectivity index (χ2n) is 6.08. The fourth-order valence-corrected chi connectivity index (χ4v) is 4.16. The minimum atomic E-state index is -0.256. The number of piperidine rings is 1. The second-order valence-corrected chi connectivity index (χ2v) is 7.58. The van der Waals surface area contributed by atoms with E-state index in [9.17, 15) is 4.79 Å². The number of nitrogens with zero attached hydrogens (tertiary/aromatic N) is 2. The maximum Gasteiger partial charge on any atom is 0.276 e. The van der Waals surface area contributed by atoms with Crippen LogP contribution in [0.25, 0.3) is 10.9 Å². The zero-order valence-corrected chi connectivity index (χ0v) is 15.0. The van der Waals surface area contributed by atoms with Gasteiger partial charge in [-0.1, -0.05) is 23.7 Å². The van der Waals surface area contributed by atoms with E-state index in [0.29, 0.717) is 27.3 Å². The first-order valence-electron chi connectivity index (χ1n) is 8.23. The van der Waals surface area contributed by atoms with E-state index in [0.717, 1.165) is 31.3 Å². The van der Waals surface area contributed by atoms with Gasteiger partial charge in [-0.3, -0.25) is 10.1 Å². The summed E-state index contributed by atoms with van der Waals surface area (Å²) in [5.74, 6) is 0.276. The molecular formula is C18H17ClN4OS. The Morgan fingerprint density at radius 3 is 2.88 bits per heavy atom. The molecule has 1 fully saturated rings. The predicted molar refractivity (Wildman–Crippen MR) is 102 cm³/mol. The third-order valence-electron chi connectivity index (χ3n) is 4.37. The number of aromatic nitrogens is 2. The quantitative estimate of drug-likeness (QED) is 0.727. The maximum atomic E-state index is 12.5. The third-order valence-corrected chi connectivity index (χ3v) is 5.68. The summed E-state index contributed by atoms with van der Waals surface area (Å²) in [5, 5.41) is 8.38. The van der Waals surface area contributed by atoms with Crippen LogP contribution >= 0.6 is 22.9 Å². The molecule has 2 N–H and O–H groups in total. The smallest absolute Gasteiger partial charge is 0.276 e. The lowest BCUT2D eigenvalue weighted by Gasteiger charge is -2.20. The van der Waals surface area contributed by atoms with Crippen molar-refractivity contribution in [3.05, 3.63) is 52.1 Å². The summed E-state index contributed by atoms with van der Waals surface area (Å²) in [6.45, 7) is 2.07. The second kappa shape index (κ2) is 7.07. The van der Waals surface area contributed by atoms with Gasteiger partial charge in [0.15, 0.2) is 5.13 Å². The molecule has 1 saturated heterocycles. The van der Waals surface area contributed by atoms with Crippen molar-refractivity contribution in [2.24, 2.45) is 0 Å².